The Labute approximate surface area is 187 Å². The highest BCUT2D eigenvalue weighted by atomic mass is 35.5. The first-order valence-corrected chi connectivity index (χ1v) is 10.9. The van der Waals surface area contributed by atoms with Gasteiger partial charge in [0.25, 0.3) is 0 Å². The Hall–Kier alpha value is -3.12. The summed E-state index contributed by atoms with van der Waals surface area (Å²) in [6, 6.07) is 16.7. The Kier molecular flexibility index (Phi) is 6.37. The molecule has 0 saturated carbocycles. The average Bonchev–Trinajstić information content (AvgIpc) is 2.77. The second-order valence-corrected chi connectivity index (χ2v) is 8.50. The number of carbonyl (C=O) groups excluding carboxylic acids is 1. The van der Waals surface area contributed by atoms with Crippen LogP contribution in [0.15, 0.2) is 54.6 Å². The van der Waals surface area contributed by atoms with Crippen LogP contribution in [0.3, 0.4) is 0 Å². The van der Waals surface area contributed by atoms with Crippen molar-refractivity contribution in [3.8, 4) is 11.3 Å². The van der Waals surface area contributed by atoms with Gasteiger partial charge in [-0.2, -0.15) is 0 Å². The molecule has 0 atom stereocenters. The normalized spacial score (nSPS) is 14.4. The zero-order chi connectivity index (χ0) is 21.8. The van der Waals surface area contributed by atoms with Gasteiger partial charge in [0.05, 0.1) is 16.4 Å². The average molecular weight is 436 g/mol. The minimum Gasteiger partial charge on any atom is -0.355 e. The quantitative estimate of drug-likeness (QED) is 0.528. The van der Waals surface area contributed by atoms with Gasteiger partial charge in [-0.1, -0.05) is 36.7 Å². The molecule has 0 spiro atoms. The van der Waals surface area contributed by atoms with E-state index in [0.717, 1.165) is 41.6 Å². The first kappa shape index (κ1) is 21.1. The molecule has 2 heterocycles. The van der Waals surface area contributed by atoms with Crippen LogP contribution in [0.5, 0.6) is 0 Å². The molecule has 2 N–H and O–H groups in total. The van der Waals surface area contributed by atoms with Gasteiger partial charge in [-0.25, -0.2) is 4.79 Å². The van der Waals surface area contributed by atoms with Gasteiger partial charge in [0, 0.05) is 24.3 Å². The van der Waals surface area contributed by atoms with Crippen LogP contribution in [0.2, 0.25) is 5.02 Å². The summed E-state index contributed by atoms with van der Waals surface area (Å²) < 4.78 is 0. The van der Waals surface area contributed by atoms with E-state index < -0.39 is 0 Å². The number of carbonyl (C=O) groups is 1. The van der Waals surface area contributed by atoms with E-state index >= 15 is 0 Å². The Balaban J connectivity index is 1.43. The Morgan fingerprint density at radius 3 is 2.58 bits per heavy atom. The van der Waals surface area contributed by atoms with E-state index in [1.54, 1.807) is 6.07 Å². The van der Waals surface area contributed by atoms with Crippen LogP contribution in [0, 0.1) is 12.8 Å². The summed E-state index contributed by atoms with van der Waals surface area (Å²) in [6.45, 7) is 6.28. The van der Waals surface area contributed by atoms with E-state index in [2.05, 4.69) is 32.7 Å². The van der Waals surface area contributed by atoms with Crippen LogP contribution in [-0.4, -0.2) is 29.3 Å². The van der Waals surface area contributed by atoms with Crippen LogP contribution in [0.25, 0.3) is 11.3 Å². The predicted octanol–water partition coefficient (Wildman–Crippen LogP) is 5.99. The summed E-state index contributed by atoms with van der Waals surface area (Å²) in [5, 5.41) is 15.0. The molecule has 3 aromatic rings. The number of piperidine rings is 1. The maximum Gasteiger partial charge on any atom is 0.323 e. The number of rotatable bonds is 4. The summed E-state index contributed by atoms with van der Waals surface area (Å²) in [5.41, 5.74) is 3.90. The molecule has 1 aromatic heterocycles. The molecule has 2 aromatic carbocycles. The lowest BCUT2D eigenvalue weighted by Crippen LogP contribution is -2.33. The third-order valence-corrected chi connectivity index (χ3v) is 5.87. The number of urea groups is 1. The lowest BCUT2D eigenvalue weighted by Gasteiger charge is -2.30. The van der Waals surface area contributed by atoms with Gasteiger partial charge in [-0.3, -0.25) is 0 Å². The molecule has 1 fully saturated rings. The number of halogens is 1. The third kappa shape index (κ3) is 5.33. The lowest BCUT2D eigenvalue weighted by atomic mass is 9.99. The fourth-order valence-corrected chi connectivity index (χ4v) is 3.83. The van der Waals surface area contributed by atoms with Crippen molar-refractivity contribution in [1.29, 1.82) is 0 Å². The van der Waals surface area contributed by atoms with Crippen molar-refractivity contribution in [2.24, 2.45) is 5.92 Å². The maximum absolute atomic E-state index is 12.4. The second-order valence-electron chi connectivity index (χ2n) is 8.09. The largest absolute Gasteiger partial charge is 0.355 e. The molecule has 0 aliphatic carbocycles. The number of hydrogen-bond acceptors (Lipinski definition) is 4. The number of nitrogens with zero attached hydrogens (tertiary/aromatic N) is 3. The van der Waals surface area contributed by atoms with Gasteiger partial charge in [-0.05, 0) is 67.6 Å². The van der Waals surface area contributed by atoms with Crippen molar-refractivity contribution in [3.05, 3.63) is 65.2 Å². The maximum atomic E-state index is 12.4. The SMILES string of the molecule is Cc1ccc(Cl)c(NC(=O)Nc2cccc(-c3ccc(N4CCC(C)CC4)nn3)c2)c1. The highest BCUT2D eigenvalue weighted by Crippen LogP contribution is 2.25. The number of aromatic nitrogens is 2. The summed E-state index contributed by atoms with van der Waals surface area (Å²) in [6.07, 6.45) is 2.37. The summed E-state index contributed by atoms with van der Waals surface area (Å²) in [4.78, 5) is 14.7. The zero-order valence-electron chi connectivity index (χ0n) is 17.7. The summed E-state index contributed by atoms with van der Waals surface area (Å²) >= 11 is 6.16. The molecule has 1 aliphatic heterocycles. The number of benzene rings is 2. The van der Waals surface area contributed by atoms with Gasteiger partial charge in [-0.15, -0.1) is 10.2 Å². The number of anilines is 3. The van der Waals surface area contributed by atoms with Crippen molar-refractivity contribution in [3.63, 3.8) is 0 Å². The van der Waals surface area contributed by atoms with Crippen LogP contribution >= 0.6 is 11.6 Å². The van der Waals surface area contributed by atoms with Crippen molar-refractivity contribution in [2.75, 3.05) is 28.6 Å². The molecule has 160 valence electrons. The van der Waals surface area contributed by atoms with E-state index in [1.807, 2.05) is 55.5 Å². The lowest BCUT2D eigenvalue weighted by molar-refractivity contribution is 0.262. The second kappa shape index (κ2) is 9.35. The predicted molar refractivity (Wildman–Crippen MR) is 127 cm³/mol. The number of amides is 2. The van der Waals surface area contributed by atoms with Crippen LogP contribution in [-0.2, 0) is 0 Å². The topological polar surface area (TPSA) is 70.2 Å². The number of hydrogen-bond donors (Lipinski definition) is 2. The molecule has 1 saturated heterocycles. The Morgan fingerprint density at radius 2 is 1.84 bits per heavy atom. The molecule has 0 radical (unpaired) electrons. The van der Waals surface area contributed by atoms with Crippen molar-refractivity contribution >= 4 is 34.8 Å². The molecule has 4 rings (SSSR count). The van der Waals surface area contributed by atoms with E-state index in [4.69, 9.17) is 11.6 Å². The fourth-order valence-electron chi connectivity index (χ4n) is 3.66. The molecular formula is C24H26ClN5O. The smallest absolute Gasteiger partial charge is 0.323 e. The molecule has 31 heavy (non-hydrogen) atoms. The molecule has 6 nitrogen and oxygen atoms in total. The van der Waals surface area contributed by atoms with Gasteiger partial charge in [0.1, 0.15) is 0 Å². The fraction of sp³-hybridized carbons (Fsp3) is 0.292. The van der Waals surface area contributed by atoms with E-state index in [1.165, 1.54) is 12.8 Å². The van der Waals surface area contributed by atoms with Crippen molar-refractivity contribution < 1.29 is 4.79 Å². The number of aryl methyl sites for hydroxylation is 1. The minimum atomic E-state index is -0.356. The number of nitrogens with one attached hydrogen (secondary N) is 2. The van der Waals surface area contributed by atoms with Crippen molar-refractivity contribution in [2.45, 2.75) is 26.7 Å². The van der Waals surface area contributed by atoms with Crippen molar-refractivity contribution in [1.82, 2.24) is 10.2 Å². The first-order valence-electron chi connectivity index (χ1n) is 10.5. The molecule has 0 unspecified atom stereocenters. The standard InChI is InChI=1S/C24H26ClN5O/c1-16-10-12-30(13-11-16)23-9-8-21(28-29-23)18-4-3-5-19(15-18)26-24(31)27-22-14-17(2)6-7-20(22)25/h3-9,14-16H,10-13H2,1-2H3,(H2,26,27,31). The molecular weight excluding hydrogens is 410 g/mol. The Bertz CT molecular complexity index is 1060. The van der Waals surface area contributed by atoms with E-state index in [-0.39, 0.29) is 6.03 Å². The van der Waals surface area contributed by atoms with E-state index in [9.17, 15) is 4.79 Å². The molecule has 0 bridgehead atoms. The molecule has 2 amide bonds. The highest BCUT2D eigenvalue weighted by molar-refractivity contribution is 6.33. The van der Waals surface area contributed by atoms with Crippen LogP contribution in [0.4, 0.5) is 22.0 Å². The van der Waals surface area contributed by atoms with Crippen LogP contribution in [0.1, 0.15) is 25.3 Å². The Morgan fingerprint density at radius 1 is 1.03 bits per heavy atom. The van der Waals surface area contributed by atoms with Gasteiger partial charge >= 0.3 is 6.03 Å². The van der Waals surface area contributed by atoms with Crippen LogP contribution < -0.4 is 15.5 Å². The van der Waals surface area contributed by atoms with Gasteiger partial charge in [0.15, 0.2) is 5.82 Å². The minimum absolute atomic E-state index is 0.356. The monoisotopic (exact) mass is 435 g/mol. The molecule has 1 aliphatic rings. The van der Waals surface area contributed by atoms with Gasteiger partial charge in [0.2, 0.25) is 0 Å². The first-order chi connectivity index (χ1) is 15.0. The third-order valence-electron chi connectivity index (χ3n) is 5.54. The highest BCUT2D eigenvalue weighted by Gasteiger charge is 2.17. The molecule has 7 heteroatoms. The van der Waals surface area contributed by atoms with E-state index in [0.29, 0.717) is 16.4 Å². The summed E-state index contributed by atoms with van der Waals surface area (Å²) in [5.74, 6) is 1.69. The van der Waals surface area contributed by atoms with Gasteiger partial charge < -0.3 is 15.5 Å². The summed E-state index contributed by atoms with van der Waals surface area (Å²) in [7, 11) is 0. The zero-order valence-corrected chi connectivity index (χ0v) is 18.5.